The quantitative estimate of drug-likeness (QED) is 0.878. The van der Waals surface area contributed by atoms with Crippen LogP contribution in [-0.4, -0.2) is 25.1 Å². The summed E-state index contributed by atoms with van der Waals surface area (Å²) in [6, 6.07) is 8.21. The van der Waals surface area contributed by atoms with E-state index in [2.05, 4.69) is 17.4 Å². The number of hydrogen-bond donors (Lipinski definition) is 2. The predicted molar refractivity (Wildman–Crippen MR) is 77.9 cm³/mol. The predicted octanol–water partition coefficient (Wildman–Crippen LogP) is 2.36. The third kappa shape index (κ3) is 3.64. The Bertz CT molecular complexity index is 373. The maximum absolute atomic E-state index is 6.15. The number of methoxy groups -OCH3 is 1. The summed E-state index contributed by atoms with van der Waals surface area (Å²) in [5, 5.41) is 3.88. The maximum atomic E-state index is 6.15. The Morgan fingerprint density at radius 2 is 2.22 bits per heavy atom. The van der Waals surface area contributed by atoms with Crippen molar-refractivity contribution in [1.82, 2.24) is 5.32 Å². The standard InChI is InChI=1S/C14H22N2OS/c1-17-12-7-3-2-6-11(12)10-18-13-8-4-5-9-16-14(13)15/h2-3,6-7,13-14,16H,4-5,8-10,15H2,1H3. The molecule has 0 radical (unpaired) electrons. The Labute approximate surface area is 113 Å². The van der Waals surface area contributed by atoms with E-state index in [0.717, 1.165) is 18.0 Å². The first kappa shape index (κ1) is 13.7. The van der Waals surface area contributed by atoms with Gasteiger partial charge < -0.3 is 15.8 Å². The lowest BCUT2D eigenvalue weighted by Gasteiger charge is -2.21. The van der Waals surface area contributed by atoms with Gasteiger partial charge in [-0.05, 0) is 25.5 Å². The minimum Gasteiger partial charge on any atom is -0.496 e. The Kier molecular flexibility index (Phi) is 5.35. The van der Waals surface area contributed by atoms with E-state index in [9.17, 15) is 0 Å². The van der Waals surface area contributed by atoms with E-state index in [1.165, 1.54) is 24.8 Å². The minimum atomic E-state index is 0.118. The first-order valence-electron chi connectivity index (χ1n) is 6.53. The molecule has 4 heteroatoms. The molecule has 2 atom stereocenters. The van der Waals surface area contributed by atoms with Crippen LogP contribution in [-0.2, 0) is 5.75 Å². The fourth-order valence-corrected chi connectivity index (χ4v) is 3.53. The van der Waals surface area contributed by atoms with Crippen LogP contribution in [0.25, 0.3) is 0 Å². The second kappa shape index (κ2) is 7.02. The van der Waals surface area contributed by atoms with Crippen molar-refractivity contribution >= 4 is 11.8 Å². The molecule has 2 unspecified atom stereocenters. The smallest absolute Gasteiger partial charge is 0.122 e. The number of rotatable bonds is 4. The molecule has 1 fully saturated rings. The van der Waals surface area contributed by atoms with Gasteiger partial charge in [0.15, 0.2) is 0 Å². The summed E-state index contributed by atoms with van der Waals surface area (Å²) in [5.74, 6) is 1.93. The highest BCUT2D eigenvalue weighted by Crippen LogP contribution is 2.28. The van der Waals surface area contributed by atoms with Gasteiger partial charge >= 0.3 is 0 Å². The number of thioether (sulfide) groups is 1. The second-order valence-corrected chi connectivity index (χ2v) is 5.86. The van der Waals surface area contributed by atoms with Gasteiger partial charge in [0.1, 0.15) is 5.75 Å². The summed E-state index contributed by atoms with van der Waals surface area (Å²) in [6.07, 6.45) is 3.82. The lowest BCUT2D eigenvalue weighted by Crippen LogP contribution is -2.44. The zero-order chi connectivity index (χ0) is 12.8. The zero-order valence-electron chi connectivity index (χ0n) is 10.9. The molecule has 1 aliphatic rings. The molecule has 0 aromatic heterocycles. The first-order chi connectivity index (χ1) is 8.81. The van der Waals surface area contributed by atoms with Crippen LogP contribution in [0.4, 0.5) is 0 Å². The van der Waals surface area contributed by atoms with Crippen molar-refractivity contribution in [2.45, 2.75) is 36.4 Å². The van der Waals surface area contributed by atoms with Crippen LogP contribution in [0.3, 0.4) is 0 Å². The highest BCUT2D eigenvalue weighted by atomic mass is 32.2. The minimum absolute atomic E-state index is 0.118. The van der Waals surface area contributed by atoms with Gasteiger partial charge in [0, 0.05) is 16.6 Å². The molecule has 0 amide bonds. The second-order valence-electron chi connectivity index (χ2n) is 4.64. The van der Waals surface area contributed by atoms with Crippen LogP contribution in [0.2, 0.25) is 0 Å². The van der Waals surface area contributed by atoms with Crippen LogP contribution < -0.4 is 15.8 Å². The molecular formula is C14H22N2OS. The van der Waals surface area contributed by atoms with Crippen molar-refractivity contribution < 1.29 is 4.74 Å². The van der Waals surface area contributed by atoms with E-state index in [4.69, 9.17) is 10.5 Å². The zero-order valence-corrected chi connectivity index (χ0v) is 11.7. The molecule has 3 N–H and O–H groups in total. The van der Waals surface area contributed by atoms with Crippen molar-refractivity contribution in [3.63, 3.8) is 0 Å². The molecule has 0 aliphatic carbocycles. The number of para-hydroxylation sites is 1. The summed E-state index contributed by atoms with van der Waals surface area (Å²) in [5.41, 5.74) is 7.40. The summed E-state index contributed by atoms with van der Waals surface area (Å²) in [7, 11) is 1.72. The molecule has 1 aromatic carbocycles. The summed E-state index contributed by atoms with van der Waals surface area (Å²) >= 11 is 1.93. The van der Waals surface area contributed by atoms with Gasteiger partial charge in [-0.2, -0.15) is 11.8 Å². The number of benzene rings is 1. The normalized spacial score (nSPS) is 24.6. The van der Waals surface area contributed by atoms with E-state index in [-0.39, 0.29) is 6.17 Å². The molecule has 3 nitrogen and oxygen atoms in total. The molecule has 1 heterocycles. The van der Waals surface area contributed by atoms with Crippen LogP contribution in [0, 0.1) is 0 Å². The van der Waals surface area contributed by atoms with E-state index in [1.54, 1.807) is 7.11 Å². The fraction of sp³-hybridized carbons (Fsp3) is 0.571. The van der Waals surface area contributed by atoms with Crippen molar-refractivity contribution in [3.8, 4) is 5.75 Å². The third-order valence-electron chi connectivity index (χ3n) is 3.34. The summed E-state index contributed by atoms with van der Waals surface area (Å²) in [4.78, 5) is 0. The van der Waals surface area contributed by atoms with Crippen LogP contribution in [0.5, 0.6) is 5.75 Å². The molecule has 1 saturated heterocycles. The molecule has 0 bridgehead atoms. The van der Waals surface area contributed by atoms with Crippen molar-refractivity contribution in [2.24, 2.45) is 5.73 Å². The third-order valence-corrected chi connectivity index (χ3v) is 4.78. The Morgan fingerprint density at radius 1 is 1.39 bits per heavy atom. The molecule has 0 saturated carbocycles. The lowest BCUT2D eigenvalue weighted by molar-refractivity contribution is 0.411. The maximum Gasteiger partial charge on any atom is 0.122 e. The molecule has 18 heavy (non-hydrogen) atoms. The van der Waals surface area contributed by atoms with Crippen molar-refractivity contribution in [1.29, 1.82) is 0 Å². The van der Waals surface area contributed by atoms with Crippen LogP contribution in [0.1, 0.15) is 24.8 Å². The molecular weight excluding hydrogens is 244 g/mol. The summed E-state index contributed by atoms with van der Waals surface area (Å²) in [6.45, 7) is 1.05. The molecule has 1 aliphatic heterocycles. The monoisotopic (exact) mass is 266 g/mol. The van der Waals surface area contributed by atoms with E-state index < -0.39 is 0 Å². The van der Waals surface area contributed by atoms with Crippen LogP contribution in [0.15, 0.2) is 24.3 Å². The topological polar surface area (TPSA) is 47.3 Å². The average Bonchev–Trinajstić information content (AvgIpc) is 2.61. The van der Waals surface area contributed by atoms with E-state index >= 15 is 0 Å². The van der Waals surface area contributed by atoms with Gasteiger partial charge in [-0.15, -0.1) is 0 Å². The van der Waals surface area contributed by atoms with Gasteiger partial charge in [0.2, 0.25) is 0 Å². The Hall–Kier alpha value is -0.710. The highest BCUT2D eigenvalue weighted by Gasteiger charge is 2.20. The first-order valence-corrected chi connectivity index (χ1v) is 7.58. The van der Waals surface area contributed by atoms with Crippen LogP contribution >= 0.6 is 11.8 Å². The Balaban J connectivity index is 1.93. The van der Waals surface area contributed by atoms with Gasteiger partial charge in [-0.3, -0.25) is 0 Å². The van der Waals surface area contributed by atoms with Crippen molar-refractivity contribution in [2.75, 3.05) is 13.7 Å². The van der Waals surface area contributed by atoms with Gasteiger partial charge in [0.05, 0.1) is 13.3 Å². The molecule has 2 rings (SSSR count). The number of hydrogen-bond acceptors (Lipinski definition) is 4. The van der Waals surface area contributed by atoms with Gasteiger partial charge in [0.25, 0.3) is 0 Å². The number of nitrogens with one attached hydrogen (secondary N) is 1. The van der Waals surface area contributed by atoms with E-state index in [1.807, 2.05) is 23.9 Å². The largest absolute Gasteiger partial charge is 0.496 e. The molecule has 0 spiro atoms. The summed E-state index contributed by atoms with van der Waals surface area (Å²) < 4.78 is 5.38. The van der Waals surface area contributed by atoms with E-state index in [0.29, 0.717) is 5.25 Å². The SMILES string of the molecule is COc1ccccc1CSC1CCCCNC1N. The molecule has 100 valence electrons. The number of nitrogens with two attached hydrogens (primary N) is 1. The fourth-order valence-electron chi connectivity index (χ4n) is 2.26. The van der Waals surface area contributed by atoms with Crippen molar-refractivity contribution in [3.05, 3.63) is 29.8 Å². The van der Waals surface area contributed by atoms with Gasteiger partial charge in [-0.25, -0.2) is 0 Å². The lowest BCUT2D eigenvalue weighted by atomic mass is 10.2. The molecule has 1 aromatic rings. The average molecular weight is 266 g/mol. The van der Waals surface area contributed by atoms with Gasteiger partial charge in [-0.1, -0.05) is 24.6 Å². The number of ether oxygens (including phenoxy) is 1. The Morgan fingerprint density at radius 3 is 3.06 bits per heavy atom. The highest BCUT2D eigenvalue weighted by molar-refractivity contribution is 7.99.